The van der Waals surface area contributed by atoms with E-state index in [-0.39, 0.29) is 11.3 Å². The number of benzene rings is 2. The van der Waals surface area contributed by atoms with Crippen molar-refractivity contribution in [2.24, 2.45) is 0 Å². The molecule has 1 aromatic heterocycles. The van der Waals surface area contributed by atoms with Crippen molar-refractivity contribution in [3.05, 3.63) is 86.1 Å². The highest BCUT2D eigenvalue weighted by molar-refractivity contribution is 6.36. The van der Waals surface area contributed by atoms with Crippen LogP contribution < -0.4 is 0 Å². The lowest BCUT2D eigenvalue weighted by Crippen LogP contribution is -1.89. The molecule has 0 unspecified atom stereocenters. The average Bonchev–Trinajstić information content (AvgIpc) is 3.08. The number of hydrogen-bond acceptors (Lipinski definition) is 4. The number of non-ortho nitro benzene ring substituents is 1. The van der Waals surface area contributed by atoms with Gasteiger partial charge in [-0.25, -0.2) is 0 Å². The molecule has 7 heteroatoms. The van der Waals surface area contributed by atoms with Gasteiger partial charge >= 0.3 is 0 Å². The molecular formula is C19H10Cl2N2O3. The first kappa shape index (κ1) is 17.7. The lowest BCUT2D eigenvalue weighted by Gasteiger charge is -2.01. The Kier molecular flexibility index (Phi) is 5.08. The summed E-state index contributed by atoms with van der Waals surface area (Å²) in [4.78, 5) is 10.4. The number of hydrogen-bond donors (Lipinski definition) is 0. The molecule has 5 nitrogen and oxygen atoms in total. The van der Waals surface area contributed by atoms with Crippen LogP contribution in [0.4, 0.5) is 5.69 Å². The van der Waals surface area contributed by atoms with Gasteiger partial charge in [-0.1, -0.05) is 35.3 Å². The molecule has 0 aliphatic carbocycles. The van der Waals surface area contributed by atoms with Gasteiger partial charge in [0.25, 0.3) is 5.69 Å². The molecule has 128 valence electrons. The number of furan rings is 1. The van der Waals surface area contributed by atoms with Crippen molar-refractivity contribution < 1.29 is 9.34 Å². The molecule has 0 amide bonds. The fourth-order valence-corrected chi connectivity index (χ4v) is 2.88. The zero-order valence-electron chi connectivity index (χ0n) is 13.1. The van der Waals surface area contributed by atoms with Crippen molar-refractivity contribution in [1.82, 2.24) is 0 Å². The monoisotopic (exact) mass is 384 g/mol. The van der Waals surface area contributed by atoms with Crippen LogP contribution in [-0.2, 0) is 0 Å². The van der Waals surface area contributed by atoms with Gasteiger partial charge < -0.3 is 4.42 Å². The fraction of sp³-hybridized carbons (Fsp3) is 0. The zero-order valence-corrected chi connectivity index (χ0v) is 14.7. The second kappa shape index (κ2) is 7.44. The molecule has 0 fully saturated rings. The molecule has 3 rings (SSSR count). The van der Waals surface area contributed by atoms with E-state index in [0.29, 0.717) is 32.7 Å². The van der Waals surface area contributed by atoms with Crippen LogP contribution in [0.2, 0.25) is 10.0 Å². The molecule has 0 saturated carbocycles. The van der Waals surface area contributed by atoms with E-state index in [2.05, 4.69) is 0 Å². The number of nitro benzene ring substituents is 1. The molecule has 3 aromatic rings. The molecule has 26 heavy (non-hydrogen) atoms. The highest BCUT2D eigenvalue weighted by Crippen LogP contribution is 2.32. The molecule has 0 N–H and O–H groups in total. The molecule has 0 aliphatic rings. The van der Waals surface area contributed by atoms with Gasteiger partial charge in [0.2, 0.25) is 0 Å². The largest absolute Gasteiger partial charge is 0.457 e. The second-order valence-electron chi connectivity index (χ2n) is 5.30. The van der Waals surface area contributed by atoms with Crippen LogP contribution in [-0.4, -0.2) is 4.92 Å². The maximum absolute atomic E-state index is 10.9. The van der Waals surface area contributed by atoms with Crippen LogP contribution in [0.25, 0.3) is 23.0 Å². The van der Waals surface area contributed by atoms with Gasteiger partial charge in [-0.05, 0) is 42.0 Å². The SMILES string of the molecule is N#CC(=Cc1ccc(-c2ccc(Cl)cc2Cl)o1)c1cccc([N+](=O)[O-])c1. The lowest BCUT2D eigenvalue weighted by atomic mass is 10.1. The van der Waals surface area contributed by atoms with E-state index in [4.69, 9.17) is 27.6 Å². The van der Waals surface area contributed by atoms with Crippen molar-refractivity contribution in [2.45, 2.75) is 0 Å². The van der Waals surface area contributed by atoms with Gasteiger partial charge in [-0.3, -0.25) is 10.1 Å². The Morgan fingerprint density at radius 3 is 2.65 bits per heavy atom. The van der Waals surface area contributed by atoms with Gasteiger partial charge in [0.15, 0.2) is 0 Å². The zero-order chi connectivity index (χ0) is 18.7. The summed E-state index contributed by atoms with van der Waals surface area (Å²) in [7, 11) is 0. The van der Waals surface area contributed by atoms with Gasteiger partial charge in [-0.2, -0.15) is 5.26 Å². The van der Waals surface area contributed by atoms with Crippen LogP contribution in [0.3, 0.4) is 0 Å². The lowest BCUT2D eigenvalue weighted by molar-refractivity contribution is -0.384. The molecule has 1 heterocycles. The number of allylic oxidation sites excluding steroid dienone is 1. The van der Waals surface area contributed by atoms with Crippen LogP contribution >= 0.6 is 23.2 Å². The third-order valence-electron chi connectivity index (χ3n) is 3.60. The van der Waals surface area contributed by atoms with Crippen molar-refractivity contribution in [1.29, 1.82) is 5.26 Å². The number of nitriles is 1. The van der Waals surface area contributed by atoms with E-state index in [9.17, 15) is 15.4 Å². The minimum absolute atomic E-state index is 0.0864. The van der Waals surface area contributed by atoms with E-state index in [1.807, 2.05) is 6.07 Å². The number of nitro groups is 1. The highest BCUT2D eigenvalue weighted by atomic mass is 35.5. The number of rotatable bonds is 4. The summed E-state index contributed by atoms with van der Waals surface area (Å²) in [6.45, 7) is 0. The predicted molar refractivity (Wildman–Crippen MR) is 101 cm³/mol. The standard InChI is InChI=1S/C19H10Cl2N2O3/c20-14-4-6-17(18(21)10-14)19-7-5-16(26-19)9-13(11-22)12-2-1-3-15(8-12)23(24)25/h1-10H. The third-order valence-corrected chi connectivity index (χ3v) is 4.15. The Bertz CT molecular complexity index is 1060. The van der Waals surface area contributed by atoms with Crippen molar-refractivity contribution in [3.63, 3.8) is 0 Å². The molecular weight excluding hydrogens is 375 g/mol. The maximum Gasteiger partial charge on any atom is 0.270 e. The smallest absolute Gasteiger partial charge is 0.270 e. The van der Waals surface area contributed by atoms with Crippen molar-refractivity contribution in [2.75, 3.05) is 0 Å². The Morgan fingerprint density at radius 2 is 1.96 bits per heavy atom. The van der Waals surface area contributed by atoms with Gasteiger partial charge in [-0.15, -0.1) is 0 Å². The number of halogens is 2. The Balaban J connectivity index is 1.96. The molecule has 0 saturated heterocycles. The Hall–Kier alpha value is -3.07. The molecule has 0 spiro atoms. The molecule has 2 aromatic carbocycles. The first-order chi connectivity index (χ1) is 12.5. The first-order valence-electron chi connectivity index (χ1n) is 7.40. The highest BCUT2D eigenvalue weighted by Gasteiger charge is 2.11. The summed E-state index contributed by atoms with van der Waals surface area (Å²) in [5.74, 6) is 0.948. The third kappa shape index (κ3) is 3.77. The Labute approximate surface area is 158 Å². The number of nitrogens with zero attached hydrogens (tertiary/aromatic N) is 2. The van der Waals surface area contributed by atoms with Gasteiger partial charge in [0.05, 0.1) is 21.6 Å². The van der Waals surface area contributed by atoms with Gasteiger partial charge in [0.1, 0.15) is 11.5 Å². The van der Waals surface area contributed by atoms with Gasteiger partial charge in [0, 0.05) is 22.7 Å². The van der Waals surface area contributed by atoms with Crippen LogP contribution in [0.1, 0.15) is 11.3 Å². The van der Waals surface area contributed by atoms with Crippen molar-refractivity contribution in [3.8, 4) is 17.4 Å². The average molecular weight is 385 g/mol. The van der Waals surface area contributed by atoms with E-state index < -0.39 is 4.92 Å². The minimum Gasteiger partial charge on any atom is -0.457 e. The minimum atomic E-state index is -0.508. The first-order valence-corrected chi connectivity index (χ1v) is 8.15. The predicted octanol–water partition coefficient (Wildman–Crippen LogP) is 6.23. The summed E-state index contributed by atoms with van der Waals surface area (Å²) in [5.41, 5.74) is 1.27. The van der Waals surface area contributed by atoms with E-state index in [1.165, 1.54) is 24.3 Å². The van der Waals surface area contributed by atoms with Crippen LogP contribution in [0, 0.1) is 21.4 Å². The molecule has 0 radical (unpaired) electrons. The van der Waals surface area contributed by atoms with E-state index in [1.54, 1.807) is 36.4 Å². The summed E-state index contributed by atoms with van der Waals surface area (Å²) in [6, 6.07) is 16.4. The van der Waals surface area contributed by atoms with E-state index in [0.717, 1.165) is 0 Å². The molecule has 0 bridgehead atoms. The Morgan fingerprint density at radius 1 is 1.15 bits per heavy atom. The van der Waals surface area contributed by atoms with E-state index >= 15 is 0 Å². The normalized spacial score (nSPS) is 11.2. The summed E-state index contributed by atoms with van der Waals surface area (Å²) >= 11 is 12.1. The molecule has 0 aliphatic heterocycles. The summed E-state index contributed by atoms with van der Waals surface area (Å²) < 4.78 is 5.73. The second-order valence-corrected chi connectivity index (χ2v) is 6.15. The van der Waals surface area contributed by atoms with Crippen LogP contribution in [0.5, 0.6) is 0 Å². The topological polar surface area (TPSA) is 80.1 Å². The van der Waals surface area contributed by atoms with Crippen LogP contribution in [0.15, 0.2) is 59.0 Å². The molecule has 0 atom stereocenters. The fourth-order valence-electron chi connectivity index (χ4n) is 2.37. The quantitative estimate of drug-likeness (QED) is 0.303. The summed E-state index contributed by atoms with van der Waals surface area (Å²) in [5, 5.41) is 21.3. The van der Waals surface area contributed by atoms with Crippen molar-refractivity contribution >= 4 is 40.5 Å². The summed E-state index contributed by atoms with van der Waals surface area (Å²) in [6.07, 6.45) is 1.52. The maximum atomic E-state index is 10.9.